The molecule has 1 N–H and O–H groups in total. The van der Waals surface area contributed by atoms with Gasteiger partial charge in [0.2, 0.25) is 0 Å². The van der Waals surface area contributed by atoms with Crippen LogP contribution in [0.4, 0.5) is 4.39 Å². The molecule has 0 saturated heterocycles. The van der Waals surface area contributed by atoms with Gasteiger partial charge in [0.25, 0.3) is 0 Å². The molecular weight excluding hydrogens is 269 g/mol. The first-order valence-corrected chi connectivity index (χ1v) is 8.18. The van der Waals surface area contributed by atoms with Crippen molar-refractivity contribution in [2.24, 2.45) is 0 Å². The van der Waals surface area contributed by atoms with Crippen molar-refractivity contribution in [3.05, 3.63) is 58.0 Å². The summed E-state index contributed by atoms with van der Waals surface area (Å²) in [6, 6.07) is 11.7. The van der Waals surface area contributed by atoms with Crippen molar-refractivity contribution in [2.75, 3.05) is 0 Å². The van der Waals surface area contributed by atoms with Gasteiger partial charge in [0.05, 0.1) is 0 Å². The van der Waals surface area contributed by atoms with Crippen LogP contribution in [0.25, 0.3) is 0 Å². The maximum Gasteiger partial charge on any atom is 0.127 e. The van der Waals surface area contributed by atoms with Crippen LogP contribution in [-0.2, 0) is 0 Å². The van der Waals surface area contributed by atoms with Gasteiger partial charge in [0.1, 0.15) is 5.82 Å². The fourth-order valence-electron chi connectivity index (χ4n) is 2.51. The van der Waals surface area contributed by atoms with E-state index < -0.39 is 0 Å². The lowest BCUT2D eigenvalue weighted by molar-refractivity contribution is 0.406. The third-order valence-electron chi connectivity index (χ3n) is 3.56. The second-order valence-corrected chi connectivity index (χ2v) is 5.98. The minimum absolute atomic E-state index is 0.0647. The largest absolute Gasteiger partial charge is 0.302 e. The number of rotatable bonds is 7. The standard InChI is InChI=1S/C17H22FNS/c1-3-8-16(17-11-7-12-20-17)19-15(4-2)13-9-5-6-10-14(13)18/h5-7,9-12,15-16,19H,3-4,8H2,1-2H3. The number of hydrogen-bond donors (Lipinski definition) is 1. The van der Waals surface area contributed by atoms with E-state index in [1.807, 2.05) is 12.1 Å². The van der Waals surface area contributed by atoms with Gasteiger partial charge < -0.3 is 5.32 Å². The maximum absolute atomic E-state index is 14.0. The topological polar surface area (TPSA) is 12.0 Å². The molecule has 20 heavy (non-hydrogen) atoms. The normalized spacial score (nSPS) is 14.2. The number of halogens is 1. The van der Waals surface area contributed by atoms with Gasteiger partial charge in [0.15, 0.2) is 0 Å². The molecule has 0 aliphatic carbocycles. The molecule has 108 valence electrons. The van der Waals surface area contributed by atoms with E-state index >= 15 is 0 Å². The summed E-state index contributed by atoms with van der Waals surface area (Å²) in [5.74, 6) is -0.117. The molecule has 3 heteroatoms. The van der Waals surface area contributed by atoms with Gasteiger partial charge in [-0.25, -0.2) is 4.39 Å². The van der Waals surface area contributed by atoms with Crippen molar-refractivity contribution < 1.29 is 4.39 Å². The molecule has 1 aromatic carbocycles. The third kappa shape index (κ3) is 3.68. The third-order valence-corrected chi connectivity index (χ3v) is 4.54. The molecule has 0 aliphatic rings. The predicted molar refractivity (Wildman–Crippen MR) is 84.5 cm³/mol. The molecule has 2 atom stereocenters. The number of thiophene rings is 1. The fourth-order valence-corrected chi connectivity index (χ4v) is 3.34. The average molecular weight is 291 g/mol. The van der Waals surface area contributed by atoms with E-state index in [9.17, 15) is 4.39 Å². The van der Waals surface area contributed by atoms with Gasteiger partial charge in [-0.3, -0.25) is 0 Å². The minimum Gasteiger partial charge on any atom is -0.302 e. The van der Waals surface area contributed by atoms with Crippen LogP contribution in [0.5, 0.6) is 0 Å². The first-order chi connectivity index (χ1) is 9.76. The first-order valence-electron chi connectivity index (χ1n) is 7.30. The summed E-state index contributed by atoms with van der Waals surface area (Å²) in [5.41, 5.74) is 0.771. The van der Waals surface area contributed by atoms with Crippen LogP contribution < -0.4 is 5.32 Å². The van der Waals surface area contributed by atoms with Crippen molar-refractivity contribution >= 4 is 11.3 Å². The monoisotopic (exact) mass is 291 g/mol. The van der Waals surface area contributed by atoms with Gasteiger partial charge in [-0.1, -0.05) is 44.5 Å². The molecule has 0 radical (unpaired) electrons. The Kier molecular flexibility index (Phi) is 5.74. The van der Waals surface area contributed by atoms with Crippen molar-refractivity contribution in [2.45, 2.75) is 45.2 Å². The molecule has 0 bridgehead atoms. The SMILES string of the molecule is CCCC(NC(CC)c1ccccc1F)c1cccs1. The van der Waals surface area contributed by atoms with Crippen LogP contribution in [0.15, 0.2) is 41.8 Å². The predicted octanol–water partition coefficient (Wildman–Crippen LogP) is 5.47. The van der Waals surface area contributed by atoms with Gasteiger partial charge in [-0.15, -0.1) is 11.3 Å². The quantitative estimate of drug-likeness (QED) is 0.713. The zero-order valence-electron chi connectivity index (χ0n) is 12.1. The molecule has 1 aromatic heterocycles. The van der Waals surface area contributed by atoms with Crippen molar-refractivity contribution in [1.82, 2.24) is 5.32 Å². The Morgan fingerprint density at radius 2 is 1.90 bits per heavy atom. The van der Waals surface area contributed by atoms with Crippen LogP contribution in [0.3, 0.4) is 0 Å². The van der Waals surface area contributed by atoms with E-state index in [1.165, 1.54) is 4.88 Å². The molecule has 2 rings (SSSR count). The molecule has 1 heterocycles. The Labute approximate surface area is 124 Å². The van der Waals surface area contributed by atoms with Gasteiger partial charge >= 0.3 is 0 Å². The summed E-state index contributed by atoms with van der Waals surface area (Å²) in [7, 11) is 0. The Hall–Kier alpha value is -1.19. The highest BCUT2D eigenvalue weighted by Gasteiger charge is 2.19. The fraction of sp³-hybridized carbons (Fsp3) is 0.412. The van der Waals surface area contributed by atoms with E-state index in [1.54, 1.807) is 23.5 Å². The average Bonchev–Trinajstić information content (AvgIpc) is 2.98. The lowest BCUT2D eigenvalue weighted by Crippen LogP contribution is -2.26. The smallest absolute Gasteiger partial charge is 0.127 e. The lowest BCUT2D eigenvalue weighted by atomic mass is 10.0. The zero-order valence-corrected chi connectivity index (χ0v) is 12.9. The summed E-state index contributed by atoms with van der Waals surface area (Å²) in [6.45, 7) is 4.29. The van der Waals surface area contributed by atoms with Gasteiger partial charge in [0, 0.05) is 22.5 Å². The van der Waals surface area contributed by atoms with Crippen LogP contribution in [0.1, 0.15) is 55.6 Å². The molecule has 2 unspecified atom stereocenters. The highest BCUT2D eigenvalue weighted by atomic mass is 32.1. The molecule has 0 saturated carbocycles. The summed E-state index contributed by atoms with van der Waals surface area (Å²) < 4.78 is 14.0. The summed E-state index contributed by atoms with van der Waals surface area (Å²) in [6.07, 6.45) is 3.07. The Morgan fingerprint density at radius 3 is 2.50 bits per heavy atom. The zero-order chi connectivity index (χ0) is 14.4. The minimum atomic E-state index is -0.117. The van der Waals surface area contributed by atoms with E-state index in [-0.39, 0.29) is 11.9 Å². The Bertz CT molecular complexity index is 509. The molecular formula is C17H22FNS. The van der Waals surface area contributed by atoms with Crippen molar-refractivity contribution in [3.63, 3.8) is 0 Å². The first kappa shape index (κ1) is 15.2. The van der Waals surface area contributed by atoms with Crippen LogP contribution >= 0.6 is 11.3 Å². The Morgan fingerprint density at radius 1 is 1.10 bits per heavy atom. The molecule has 0 amide bonds. The molecule has 0 fully saturated rings. The molecule has 0 aliphatic heterocycles. The second kappa shape index (κ2) is 7.55. The molecule has 2 aromatic rings. The van der Waals surface area contributed by atoms with Gasteiger partial charge in [-0.05, 0) is 30.4 Å². The molecule has 0 spiro atoms. The van der Waals surface area contributed by atoms with Crippen molar-refractivity contribution in [1.29, 1.82) is 0 Å². The highest BCUT2D eigenvalue weighted by molar-refractivity contribution is 7.10. The summed E-state index contributed by atoms with van der Waals surface area (Å²) >= 11 is 1.77. The second-order valence-electron chi connectivity index (χ2n) is 5.01. The van der Waals surface area contributed by atoms with Crippen LogP contribution in [-0.4, -0.2) is 0 Å². The Balaban J connectivity index is 2.17. The highest BCUT2D eigenvalue weighted by Crippen LogP contribution is 2.29. The van der Waals surface area contributed by atoms with Gasteiger partial charge in [-0.2, -0.15) is 0 Å². The molecule has 1 nitrogen and oxygen atoms in total. The van der Waals surface area contributed by atoms with Crippen LogP contribution in [0.2, 0.25) is 0 Å². The summed E-state index contributed by atoms with van der Waals surface area (Å²) in [5, 5.41) is 5.74. The van der Waals surface area contributed by atoms with Crippen LogP contribution in [0, 0.1) is 5.82 Å². The number of hydrogen-bond acceptors (Lipinski definition) is 2. The number of nitrogens with one attached hydrogen (secondary N) is 1. The van der Waals surface area contributed by atoms with Crippen molar-refractivity contribution in [3.8, 4) is 0 Å². The van der Waals surface area contributed by atoms with E-state index in [0.717, 1.165) is 24.8 Å². The van der Waals surface area contributed by atoms with E-state index in [0.29, 0.717) is 6.04 Å². The maximum atomic E-state index is 14.0. The van der Waals surface area contributed by atoms with E-state index in [4.69, 9.17) is 0 Å². The lowest BCUT2D eigenvalue weighted by Gasteiger charge is -2.25. The van der Waals surface area contributed by atoms with E-state index in [2.05, 4.69) is 36.7 Å². The number of benzene rings is 1. The summed E-state index contributed by atoms with van der Waals surface area (Å²) in [4.78, 5) is 1.33.